The van der Waals surface area contributed by atoms with E-state index in [-0.39, 0.29) is 17.5 Å². The van der Waals surface area contributed by atoms with Crippen LogP contribution < -0.4 is 10.9 Å². The highest BCUT2D eigenvalue weighted by molar-refractivity contribution is 5.67. The Morgan fingerprint density at radius 2 is 1.74 bits per heavy atom. The molecule has 0 aliphatic heterocycles. The van der Waals surface area contributed by atoms with Crippen molar-refractivity contribution in [3.63, 3.8) is 0 Å². The van der Waals surface area contributed by atoms with E-state index in [0.29, 0.717) is 5.56 Å². The fraction of sp³-hybridized carbons (Fsp3) is 0.462. The molecule has 106 valence electrons. The molecule has 0 aromatic heterocycles. The zero-order valence-electron chi connectivity index (χ0n) is 11.5. The molecule has 0 bridgehead atoms. The van der Waals surface area contributed by atoms with Crippen molar-refractivity contribution >= 4 is 6.09 Å². The molecular formula is C13H20N2O4. The van der Waals surface area contributed by atoms with Gasteiger partial charge in [0.25, 0.3) is 0 Å². The van der Waals surface area contributed by atoms with E-state index in [1.165, 1.54) is 18.2 Å². The predicted molar refractivity (Wildman–Crippen MR) is 70.7 cm³/mol. The maximum atomic E-state index is 11.4. The number of nitrogens with one attached hydrogen (secondary N) is 2. The Labute approximate surface area is 112 Å². The van der Waals surface area contributed by atoms with E-state index in [2.05, 4.69) is 10.9 Å². The van der Waals surface area contributed by atoms with Gasteiger partial charge in [-0.25, -0.2) is 10.2 Å². The summed E-state index contributed by atoms with van der Waals surface area (Å²) in [5.41, 5.74) is 5.19. The molecule has 6 nitrogen and oxygen atoms in total. The molecular weight excluding hydrogens is 248 g/mol. The Morgan fingerprint density at radius 1 is 1.21 bits per heavy atom. The van der Waals surface area contributed by atoms with Crippen LogP contribution in [0.5, 0.6) is 11.5 Å². The van der Waals surface area contributed by atoms with Crippen molar-refractivity contribution in [2.24, 2.45) is 0 Å². The number of benzene rings is 1. The average Bonchev–Trinajstić information content (AvgIpc) is 2.22. The predicted octanol–water partition coefficient (Wildman–Crippen LogP) is 2.19. The Morgan fingerprint density at radius 3 is 2.21 bits per heavy atom. The number of ether oxygens (including phenoxy) is 1. The number of aromatic hydroxyl groups is 2. The number of hydrogen-bond acceptors (Lipinski definition) is 5. The number of hydrogen-bond donors (Lipinski definition) is 4. The van der Waals surface area contributed by atoms with Gasteiger partial charge in [0.05, 0.1) is 0 Å². The first kappa shape index (κ1) is 15.1. The molecule has 0 aliphatic rings. The van der Waals surface area contributed by atoms with Crippen LogP contribution >= 0.6 is 0 Å². The van der Waals surface area contributed by atoms with Crippen LogP contribution in [0.1, 0.15) is 39.3 Å². The lowest BCUT2D eigenvalue weighted by Gasteiger charge is -2.21. The Kier molecular flexibility index (Phi) is 4.61. The minimum Gasteiger partial charge on any atom is -0.508 e. The summed E-state index contributed by atoms with van der Waals surface area (Å²) in [7, 11) is 0. The number of rotatable bonds is 3. The molecule has 19 heavy (non-hydrogen) atoms. The number of hydrazine groups is 1. The van der Waals surface area contributed by atoms with E-state index < -0.39 is 11.7 Å². The van der Waals surface area contributed by atoms with Gasteiger partial charge < -0.3 is 14.9 Å². The first-order valence-electron chi connectivity index (χ1n) is 5.95. The molecule has 0 saturated heterocycles. The van der Waals surface area contributed by atoms with Crippen LogP contribution in [0, 0.1) is 0 Å². The molecule has 1 atom stereocenters. The van der Waals surface area contributed by atoms with Gasteiger partial charge in [-0.15, -0.1) is 0 Å². The summed E-state index contributed by atoms with van der Waals surface area (Å²) in [6, 6.07) is 3.92. The molecule has 1 aromatic carbocycles. The summed E-state index contributed by atoms with van der Waals surface area (Å²) in [4.78, 5) is 11.4. The standard InChI is InChI=1S/C13H20N2O4/c1-8(9-5-10(16)7-11(17)6-9)14-15-12(18)19-13(2,3)4/h5-8,14,16-17H,1-4H3,(H,15,18). The van der Waals surface area contributed by atoms with Crippen molar-refractivity contribution in [2.75, 3.05) is 0 Å². The second-order valence-electron chi connectivity index (χ2n) is 5.28. The van der Waals surface area contributed by atoms with Crippen LogP contribution in [0.3, 0.4) is 0 Å². The van der Waals surface area contributed by atoms with E-state index in [4.69, 9.17) is 4.74 Å². The highest BCUT2D eigenvalue weighted by atomic mass is 16.6. The lowest BCUT2D eigenvalue weighted by atomic mass is 10.1. The molecule has 1 amide bonds. The van der Waals surface area contributed by atoms with Crippen LogP contribution in [0.15, 0.2) is 18.2 Å². The number of carbonyl (C=O) groups is 1. The summed E-state index contributed by atoms with van der Waals surface area (Å²) < 4.78 is 5.06. The summed E-state index contributed by atoms with van der Waals surface area (Å²) >= 11 is 0. The number of carbonyl (C=O) groups excluding carboxylic acids is 1. The van der Waals surface area contributed by atoms with Crippen LogP contribution in [-0.2, 0) is 4.74 Å². The monoisotopic (exact) mass is 268 g/mol. The Hall–Kier alpha value is -1.95. The molecule has 0 spiro atoms. The third-order valence-corrected chi connectivity index (χ3v) is 2.21. The summed E-state index contributed by atoms with van der Waals surface area (Å²) in [6.45, 7) is 7.07. The highest BCUT2D eigenvalue weighted by Gasteiger charge is 2.16. The third-order valence-electron chi connectivity index (χ3n) is 2.21. The zero-order valence-corrected chi connectivity index (χ0v) is 11.5. The van der Waals surface area contributed by atoms with E-state index in [1.54, 1.807) is 27.7 Å². The fourth-order valence-electron chi connectivity index (χ4n) is 1.42. The quantitative estimate of drug-likeness (QED) is 0.631. The van der Waals surface area contributed by atoms with Crippen molar-refractivity contribution in [1.29, 1.82) is 0 Å². The second kappa shape index (κ2) is 5.79. The SMILES string of the molecule is CC(NNC(=O)OC(C)(C)C)c1cc(O)cc(O)c1. The molecule has 4 N–H and O–H groups in total. The molecule has 6 heteroatoms. The average molecular weight is 268 g/mol. The van der Waals surface area contributed by atoms with E-state index in [1.807, 2.05) is 0 Å². The molecule has 1 aromatic rings. The molecule has 1 rings (SSSR count). The largest absolute Gasteiger partial charge is 0.508 e. The minimum absolute atomic E-state index is 0.0408. The molecule has 0 saturated carbocycles. The third kappa shape index (κ3) is 5.48. The molecule has 0 heterocycles. The van der Waals surface area contributed by atoms with Crippen LogP contribution in [-0.4, -0.2) is 21.9 Å². The van der Waals surface area contributed by atoms with Crippen molar-refractivity contribution in [2.45, 2.75) is 39.3 Å². The normalized spacial score (nSPS) is 12.8. The van der Waals surface area contributed by atoms with Gasteiger partial charge in [0.2, 0.25) is 0 Å². The highest BCUT2D eigenvalue weighted by Crippen LogP contribution is 2.24. The summed E-state index contributed by atoms with van der Waals surface area (Å²) in [6.07, 6.45) is -0.594. The molecule has 0 radical (unpaired) electrons. The van der Waals surface area contributed by atoms with Crippen LogP contribution in [0.2, 0.25) is 0 Å². The van der Waals surface area contributed by atoms with Gasteiger partial charge in [0.1, 0.15) is 17.1 Å². The molecule has 0 fully saturated rings. The lowest BCUT2D eigenvalue weighted by Crippen LogP contribution is -2.42. The summed E-state index contributed by atoms with van der Waals surface area (Å²) in [5.74, 6) is -0.0816. The fourth-order valence-corrected chi connectivity index (χ4v) is 1.42. The second-order valence-corrected chi connectivity index (χ2v) is 5.28. The van der Waals surface area contributed by atoms with Crippen molar-refractivity contribution in [3.8, 4) is 11.5 Å². The van der Waals surface area contributed by atoms with Crippen molar-refractivity contribution in [1.82, 2.24) is 10.9 Å². The first-order chi connectivity index (χ1) is 8.67. The summed E-state index contributed by atoms with van der Waals surface area (Å²) in [5, 5.41) is 18.7. The first-order valence-corrected chi connectivity index (χ1v) is 5.95. The Bertz CT molecular complexity index is 434. The van der Waals surface area contributed by atoms with Crippen molar-refractivity contribution < 1.29 is 19.7 Å². The number of phenols is 2. The number of amides is 1. The topological polar surface area (TPSA) is 90.8 Å². The molecule has 0 aliphatic carbocycles. The zero-order chi connectivity index (χ0) is 14.6. The van der Waals surface area contributed by atoms with E-state index in [0.717, 1.165) is 0 Å². The van der Waals surface area contributed by atoms with E-state index in [9.17, 15) is 15.0 Å². The molecule has 1 unspecified atom stereocenters. The smallest absolute Gasteiger partial charge is 0.422 e. The van der Waals surface area contributed by atoms with Gasteiger partial charge >= 0.3 is 6.09 Å². The van der Waals surface area contributed by atoms with E-state index >= 15 is 0 Å². The van der Waals surface area contributed by atoms with Gasteiger partial charge in [-0.3, -0.25) is 5.43 Å². The lowest BCUT2D eigenvalue weighted by molar-refractivity contribution is 0.0489. The van der Waals surface area contributed by atoms with Gasteiger partial charge in [0, 0.05) is 12.1 Å². The maximum absolute atomic E-state index is 11.4. The maximum Gasteiger partial charge on any atom is 0.422 e. The van der Waals surface area contributed by atoms with Gasteiger partial charge in [-0.05, 0) is 45.4 Å². The minimum atomic E-state index is -0.594. The van der Waals surface area contributed by atoms with Gasteiger partial charge in [-0.1, -0.05) is 0 Å². The number of phenolic OH excluding ortho intramolecular Hbond substituents is 2. The van der Waals surface area contributed by atoms with Crippen LogP contribution in [0.4, 0.5) is 4.79 Å². The van der Waals surface area contributed by atoms with Crippen molar-refractivity contribution in [3.05, 3.63) is 23.8 Å². The van der Waals surface area contributed by atoms with Gasteiger partial charge in [-0.2, -0.15) is 0 Å². The van der Waals surface area contributed by atoms with Gasteiger partial charge in [0.15, 0.2) is 0 Å². The van der Waals surface area contributed by atoms with Crippen LogP contribution in [0.25, 0.3) is 0 Å². The Balaban J connectivity index is 2.56.